The van der Waals surface area contributed by atoms with E-state index in [9.17, 15) is 8.42 Å². The van der Waals surface area contributed by atoms with Crippen LogP contribution in [0.25, 0.3) is 0 Å². The van der Waals surface area contributed by atoms with Gasteiger partial charge in [-0.2, -0.15) is 11.3 Å². The number of thiophene rings is 1. The Kier molecular flexibility index (Phi) is 5.16. The Morgan fingerprint density at radius 3 is 2.67 bits per heavy atom. The van der Waals surface area contributed by atoms with Gasteiger partial charge in [-0.25, -0.2) is 13.1 Å². The molecule has 114 valence electrons. The van der Waals surface area contributed by atoms with Crippen molar-refractivity contribution in [3.63, 3.8) is 0 Å². The monoisotopic (exact) mass is 324 g/mol. The van der Waals surface area contributed by atoms with Crippen LogP contribution in [-0.4, -0.2) is 14.5 Å². The molecule has 0 aliphatic carbocycles. The topological polar surface area (TPSA) is 72.2 Å². The first-order valence-electron chi connectivity index (χ1n) is 6.77. The Hall–Kier alpha value is -1.21. The first kappa shape index (κ1) is 16.2. The van der Waals surface area contributed by atoms with Crippen LogP contribution in [0.1, 0.15) is 31.0 Å². The molecule has 1 aromatic heterocycles. The van der Waals surface area contributed by atoms with E-state index in [0.717, 1.165) is 11.1 Å². The maximum Gasteiger partial charge on any atom is 0.240 e. The van der Waals surface area contributed by atoms with Gasteiger partial charge < -0.3 is 5.73 Å². The van der Waals surface area contributed by atoms with Gasteiger partial charge >= 0.3 is 0 Å². The van der Waals surface area contributed by atoms with Crippen LogP contribution in [0, 0.1) is 0 Å². The van der Waals surface area contributed by atoms with Gasteiger partial charge in [-0.3, -0.25) is 0 Å². The summed E-state index contributed by atoms with van der Waals surface area (Å²) in [6.45, 7) is 3.70. The third kappa shape index (κ3) is 4.38. The quantitative estimate of drug-likeness (QED) is 0.858. The van der Waals surface area contributed by atoms with Crippen molar-refractivity contribution in [1.29, 1.82) is 0 Å². The molecule has 0 amide bonds. The van der Waals surface area contributed by atoms with Gasteiger partial charge in [0.25, 0.3) is 0 Å². The summed E-state index contributed by atoms with van der Waals surface area (Å²) in [6.07, 6.45) is 0.676. The molecule has 2 unspecified atom stereocenters. The van der Waals surface area contributed by atoms with Gasteiger partial charge in [0.15, 0.2) is 0 Å². The van der Waals surface area contributed by atoms with Crippen molar-refractivity contribution in [2.24, 2.45) is 5.73 Å². The zero-order valence-electron chi connectivity index (χ0n) is 12.1. The van der Waals surface area contributed by atoms with Crippen LogP contribution >= 0.6 is 11.3 Å². The fourth-order valence-electron chi connectivity index (χ4n) is 2.10. The van der Waals surface area contributed by atoms with Crippen LogP contribution in [0.3, 0.4) is 0 Å². The Labute approximate surface area is 130 Å². The Bertz CT molecular complexity index is 679. The number of benzene rings is 1. The van der Waals surface area contributed by atoms with Gasteiger partial charge in [-0.05, 0) is 60.4 Å². The molecule has 6 heteroatoms. The van der Waals surface area contributed by atoms with E-state index in [2.05, 4.69) is 4.72 Å². The summed E-state index contributed by atoms with van der Waals surface area (Å²) in [5.41, 5.74) is 7.75. The van der Waals surface area contributed by atoms with E-state index in [4.69, 9.17) is 5.73 Å². The van der Waals surface area contributed by atoms with Gasteiger partial charge in [0.2, 0.25) is 10.0 Å². The molecule has 4 nitrogen and oxygen atoms in total. The number of nitrogens with two attached hydrogens (primary N) is 1. The van der Waals surface area contributed by atoms with Crippen molar-refractivity contribution in [2.75, 3.05) is 0 Å². The van der Waals surface area contributed by atoms with E-state index in [0.29, 0.717) is 6.42 Å². The predicted molar refractivity (Wildman–Crippen MR) is 86.9 cm³/mol. The fourth-order valence-corrected chi connectivity index (χ4v) is 4.08. The van der Waals surface area contributed by atoms with Crippen LogP contribution in [-0.2, 0) is 16.4 Å². The van der Waals surface area contributed by atoms with Crippen molar-refractivity contribution in [2.45, 2.75) is 37.2 Å². The maximum atomic E-state index is 12.4. The molecule has 2 aromatic rings. The average Bonchev–Trinajstić information content (AvgIpc) is 2.91. The number of hydrogen-bond donors (Lipinski definition) is 2. The summed E-state index contributed by atoms with van der Waals surface area (Å²) in [5, 5.41) is 4.02. The molecule has 0 aliphatic heterocycles. The molecule has 2 atom stereocenters. The van der Waals surface area contributed by atoms with Crippen LogP contribution in [0.4, 0.5) is 0 Å². The maximum absolute atomic E-state index is 12.4. The van der Waals surface area contributed by atoms with E-state index >= 15 is 0 Å². The van der Waals surface area contributed by atoms with Crippen molar-refractivity contribution in [3.05, 3.63) is 52.2 Å². The van der Waals surface area contributed by atoms with E-state index in [1.54, 1.807) is 29.5 Å². The van der Waals surface area contributed by atoms with Gasteiger partial charge in [-0.1, -0.05) is 12.1 Å². The van der Waals surface area contributed by atoms with Gasteiger partial charge in [0, 0.05) is 12.1 Å². The SMILES string of the molecule is CC(Cc1ccsc1)NS(=O)(=O)c1cccc(C(C)N)c1. The van der Waals surface area contributed by atoms with Crippen LogP contribution < -0.4 is 10.5 Å². The highest BCUT2D eigenvalue weighted by molar-refractivity contribution is 7.89. The van der Waals surface area contributed by atoms with Gasteiger partial charge in [-0.15, -0.1) is 0 Å². The number of sulfonamides is 1. The number of rotatable bonds is 6. The minimum atomic E-state index is -3.52. The van der Waals surface area contributed by atoms with Crippen LogP contribution in [0.15, 0.2) is 46.0 Å². The molecular formula is C15H20N2O2S2. The highest BCUT2D eigenvalue weighted by atomic mass is 32.2. The van der Waals surface area contributed by atoms with Crippen molar-refractivity contribution < 1.29 is 8.42 Å². The molecule has 0 bridgehead atoms. The molecule has 0 saturated carbocycles. The normalized spacial score (nSPS) is 14.8. The first-order chi connectivity index (χ1) is 9.88. The summed E-state index contributed by atoms with van der Waals surface area (Å²) in [4.78, 5) is 0.259. The summed E-state index contributed by atoms with van der Waals surface area (Å²) in [7, 11) is -3.52. The second kappa shape index (κ2) is 6.70. The molecule has 0 saturated heterocycles. The lowest BCUT2D eigenvalue weighted by Crippen LogP contribution is -2.34. The van der Waals surface area contributed by atoms with Crippen LogP contribution in [0.5, 0.6) is 0 Å². The number of hydrogen-bond acceptors (Lipinski definition) is 4. The van der Waals surface area contributed by atoms with Crippen molar-refractivity contribution >= 4 is 21.4 Å². The molecule has 0 spiro atoms. The third-order valence-corrected chi connectivity index (χ3v) is 5.49. The highest BCUT2D eigenvalue weighted by Crippen LogP contribution is 2.17. The fraction of sp³-hybridized carbons (Fsp3) is 0.333. The highest BCUT2D eigenvalue weighted by Gasteiger charge is 2.18. The molecule has 0 radical (unpaired) electrons. The minimum Gasteiger partial charge on any atom is -0.324 e. The van der Waals surface area contributed by atoms with E-state index in [1.165, 1.54) is 0 Å². The lowest BCUT2D eigenvalue weighted by Gasteiger charge is -2.15. The first-order valence-corrected chi connectivity index (χ1v) is 9.20. The summed E-state index contributed by atoms with van der Waals surface area (Å²) < 4.78 is 27.5. The zero-order valence-corrected chi connectivity index (χ0v) is 13.7. The molecule has 1 heterocycles. The second-order valence-electron chi connectivity index (χ2n) is 5.22. The molecule has 21 heavy (non-hydrogen) atoms. The van der Waals surface area contributed by atoms with Crippen molar-refractivity contribution in [3.8, 4) is 0 Å². The van der Waals surface area contributed by atoms with E-state index < -0.39 is 10.0 Å². The summed E-state index contributed by atoms with van der Waals surface area (Å²) in [6, 6.07) is 8.42. The van der Waals surface area contributed by atoms with E-state index in [-0.39, 0.29) is 17.0 Å². The lowest BCUT2D eigenvalue weighted by molar-refractivity contribution is 0.559. The third-order valence-electron chi connectivity index (χ3n) is 3.17. The van der Waals surface area contributed by atoms with E-state index in [1.807, 2.05) is 36.7 Å². The van der Waals surface area contributed by atoms with Gasteiger partial charge in [0.1, 0.15) is 0 Å². The summed E-state index contributed by atoms with van der Waals surface area (Å²) >= 11 is 1.61. The smallest absolute Gasteiger partial charge is 0.240 e. The Balaban J connectivity index is 2.12. The predicted octanol–water partition coefficient (Wildman–Crippen LogP) is 2.68. The minimum absolute atomic E-state index is 0.163. The number of nitrogens with one attached hydrogen (secondary N) is 1. The largest absolute Gasteiger partial charge is 0.324 e. The molecule has 1 aromatic carbocycles. The standard InChI is InChI=1S/C15H20N2O2S2/c1-11(8-13-6-7-20-10-13)17-21(18,19)15-5-3-4-14(9-15)12(2)16/h3-7,9-12,17H,8,16H2,1-2H3. The summed E-state index contributed by atoms with van der Waals surface area (Å²) in [5.74, 6) is 0. The average molecular weight is 324 g/mol. The molecule has 0 fully saturated rings. The zero-order chi connectivity index (χ0) is 15.5. The van der Waals surface area contributed by atoms with Crippen molar-refractivity contribution in [1.82, 2.24) is 4.72 Å². The molecule has 3 N–H and O–H groups in total. The van der Waals surface area contributed by atoms with Gasteiger partial charge in [0.05, 0.1) is 4.90 Å². The lowest BCUT2D eigenvalue weighted by atomic mass is 10.1. The Morgan fingerprint density at radius 2 is 2.05 bits per heavy atom. The molecule has 0 aliphatic rings. The second-order valence-corrected chi connectivity index (χ2v) is 7.71. The molecular weight excluding hydrogens is 304 g/mol. The molecule has 2 rings (SSSR count). The Morgan fingerprint density at radius 1 is 1.29 bits per heavy atom. The van der Waals surface area contributed by atoms with Crippen LogP contribution in [0.2, 0.25) is 0 Å².